The van der Waals surface area contributed by atoms with Gasteiger partial charge >= 0.3 is 5.97 Å². The molecule has 0 saturated carbocycles. The Morgan fingerprint density at radius 2 is 1.63 bits per heavy atom. The van der Waals surface area contributed by atoms with Gasteiger partial charge in [-0.25, -0.2) is 4.79 Å². The number of ether oxygens (including phenoxy) is 2. The number of hydrogen-bond acceptors (Lipinski definition) is 4. The van der Waals surface area contributed by atoms with Crippen LogP contribution in [0.15, 0.2) is 66.7 Å². The Morgan fingerprint density at radius 1 is 0.971 bits per heavy atom. The first-order valence-electron chi connectivity index (χ1n) is 11.3. The van der Waals surface area contributed by atoms with E-state index < -0.39 is 17.7 Å². The minimum Gasteiger partial charge on any atom is -0.497 e. The lowest BCUT2D eigenvalue weighted by Crippen LogP contribution is -2.28. The Kier molecular flexibility index (Phi) is 6.84. The van der Waals surface area contributed by atoms with E-state index in [1.54, 1.807) is 19.2 Å². The van der Waals surface area contributed by atoms with Crippen LogP contribution in [0.3, 0.4) is 0 Å². The number of carboxylic acid groups (broad SMARTS) is 1. The molecule has 3 aromatic carbocycles. The Balaban J connectivity index is 2.06. The first kappa shape index (κ1) is 24.7. The van der Waals surface area contributed by atoms with Crippen LogP contribution in [0.4, 0.5) is 0 Å². The van der Waals surface area contributed by atoms with Gasteiger partial charge in [0.25, 0.3) is 0 Å². The van der Waals surface area contributed by atoms with E-state index in [1.165, 1.54) is 0 Å². The van der Waals surface area contributed by atoms with Gasteiger partial charge in [0.15, 0.2) is 6.10 Å². The van der Waals surface area contributed by atoms with E-state index in [0.29, 0.717) is 16.3 Å². The third-order valence-corrected chi connectivity index (χ3v) is 5.96. The second-order valence-electron chi connectivity index (χ2n) is 9.41. The van der Waals surface area contributed by atoms with Gasteiger partial charge in [0.1, 0.15) is 5.75 Å². The standard InChI is InChI=1S/C29H28ClNO4/c1-17-25(27(28(32)33)35-29(2,3)4)26(18-9-12-21(30)13-10-18)23-16-20(11-14-24(23)31-17)19-7-6-8-22(15-19)34-5/h6-16,27H,1-5H3,(H,32,33). The smallest absolute Gasteiger partial charge is 0.337 e. The second-order valence-corrected chi connectivity index (χ2v) is 9.84. The maximum absolute atomic E-state index is 12.5. The highest BCUT2D eigenvalue weighted by Gasteiger charge is 2.32. The van der Waals surface area contributed by atoms with Gasteiger partial charge in [-0.15, -0.1) is 0 Å². The number of pyridine rings is 1. The monoisotopic (exact) mass is 489 g/mol. The maximum Gasteiger partial charge on any atom is 0.337 e. The number of nitrogens with zero attached hydrogens (tertiary/aromatic N) is 1. The number of hydrogen-bond donors (Lipinski definition) is 1. The average Bonchev–Trinajstić information content (AvgIpc) is 2.81. The number of fused-ring (bicyclic) bond motifs is 1. The lowest BCUT2D eigenvalue weighted by Gasteiger charge is -2.28. The molecule has 180 valence electrons. The quantitative estimate of drug-likeness (QED) is 0.304. The molecular weight excluding hydrogens is 462 g/mol. The highest BCUT2D eigenvalue weighted by Crippen LogP contribution is 2.41. The summed E-state index contributed by atoms with van der Waals surface area (Å²) in [5, 5.41) is 11.6. The number of aliphatic carboxylic acids is 1. The second kappa shape index (κ2) is 9.68. The van der Waals surface area contributed by atoms with Crippen LogP contribution in [0.25, 0.3) is 33.2 Å². The molecule has 0 fully saturated rings. The summed E-state index contributed by atoms with van der Waals surface area (Å²) >= 11 is 6.18. The van der Waals surface area contributed by atoms with E-state index in [-0.39, 0.29) is 0 Å². The van der Waals surface area contributed by atoms with Crippen LogP contribution in [0, 0.1) is 6.92 Å². The number of methoxy groups -OCH3 is 1. The number of halogens is 1. The fourth-order valence-corrected chi connectivity index (χ4v) is 4.34. The van der Waals surface area contributed by atoms with Crippen LogP contribution >= 0.6 is 11.6 Å². The highest BCUT2D eigenvalue weighted by molar-refractivity contribution is 6.30. The molecule has 0 aliphatic carbocycles. The van der Waals surface area contributed by atoms with Crippen molar-refractivity contribution < 1.29 is 19.4 Å². The number of aromatic nitrogens is 1. The predicted octanol–water partition coefficient (Wildman–Crippen LogP) is 7.48. The van der Waals surface area contributed by atoms with Crippen molar-refractivity contribution >= 4 is 28.5 Å². The third kappa shape index (κ3) is 5.31. The molecule has 1 unspecified atom stereocenters. The summed E-state index contributed by atoms with van der Waals surface area (Å²) in [4.78, 5) is 17.3. The van der Waals surface area contributed by atoms with Crippen molar-refractivity contribution in [3.8, 4) is 28.0 Å². The zero-order valence-corrected chi connectivity index (χ0v) is 21.2. The maximum atomic E-state index is 12.5. The summed E-state index contributed by atoms with van der Waals surface area (Å²) in [6, 6.07) is 21.2. The Bertz CT molecular complexity index is 1390. The number of aryl methyl sites for hydroxylation is 1. The molecule has 4 aromatic rings. The molecule has 1 heterocycles. The van der Waals surface area contributed by atoms with E-state index in [9.17, 15) is 9.90 Å². The van der Waals surface area contributed by atoms with Crippen molar-refractivity contribution in [3.05, 3.63) is 83.0 Å². The minimum absolute atomic E-state index is 0.532. The fourth-order valence-electron chi connectivity index (χ4n) is 4.22. The molecule has 1 atom stereocenters. The Morgan fingerprint density at radius 3 is 2.26 bits per heavy atom. The largest absolute Gasteiger partial charge is 0.497 e. The number of benzene rings is 3. The zero-order chi connectivity index (χ0) is 25.3. The molecule has 1 aromatic heterocycles. The van der Waals surface area contributed by atoms with E-state index in [1.807, 2.05) is 82.3 Å². The molecule has 0 saturated heterocycles. The van der Waals surface area contributed by atoms with Gasteiger partial charge in [-0.2, -0.15) is 0 Å². The molecule has 35 heavy (non-hydrogen) atoms. The molecule has 6 heteroatoms. The SMILES string of the molecule is COc1cccc(-c2ccc3nc(C)c(C(OC(C)(C)C)C(=O)O)c(-c4ccc(Cl)cc4)c3c2)c1. The van der Waals surface area contributed by atoms with Crippen LogP contribution < -0.4 is 4.74 Å². The molecule has 4 rings (SSSR count). The van der Waals surface area contributed by atoms with Crippen molar-refractivity contribution in [1.29, 1.82) is 0 Å². The summed E-state index contributed by atoms with van der Waals surface area (Å²) in [6.45, 7) is 7.35. The summed E-state index contributed by atoms with van der Waals surface area (Å²) in [7, 11) is 1.64. The van der Waals surface area contributed by atoms with E-state index in [2.05, 4.69) is 0 Å². The molecule has 0 spiro atoms. The lowest BCUT2D eigenvalue weighted by molar-refractivity contribution is -0.160. The van der Waals surface area contributed by atoms with Gasteiger partial charge in [0, 0.05) is 21.7 Å². The van der Waals surface area contributed by atoms with E-state index in [0.717, 1.165) is 38.9 Å². The lowest BCUT2D eigenvalue weighted by atomic mass is 9.89. The van der Waals surface area contributed by atoms with Crippen LogP contribution in [0.2, 0.25) is 5.02 Å². The Labute approximate surface area is 210 Å². The Hall–Kier alpha value is -3.41. The third-order valence-electron chi connectivity index (χ3n) is 5.71. The minimum atomic E-state index is -1.20. The molecular formula is C29H28ClNO4. The highest BCUT2D eigenvalue weighted by atomic mass is 35.5. The van der Waals surface area contributed by atoms with Crippen molar-refractivity contribution in [1.82, 2.24) is 4.98 Å². The molecule has 5 nitrogen and oxygen atoms in total. The van der Waals surface area contributed by atoms with Gasteiger partial charge < -0.3 is 14.6 Å². The first-order chi connectivity index (χ1) is 16.6. The predicted molar refractivity (Wildman–Crippen MR) is 140 cm³/mol. The number of carbonyl (C=O) groups is 1. The van der Waals surface area contributed by atoms with Crippen molar-refractivity contribution in [2.24, 2.45) is 0 Å². The molecule has 0 radical (unpaired) electrons. The van der Waals surface area contributed by atoms with E-state index in [4.69, 9.17) is 26.1 Å². The summed E-state index contributed by atoms with van der Waals surface area (Å²) in [6.07, 6.45) is -1.20. The van der Waals surface area contributed by atoms with Crippen LogP contribution in [-0.2, 0) is 9.53 Å². The molecule has 1 N–H and O–H groups in total. The average molecular weight is 490 g/mol. The first-order valence-corrected chi connectivity index (χ1v) is 11.7. The van der Waals surface area contributed by atoms with Crippen molar-refractivity contribution in [3.63, 3.8) is 0 Å². The normalized spacial score (nSPS) is 12.5. The van der Waals surface area contributed by atoms with Gasteiger partial charge in [-0.3, -0.25) is 4.98 Å². The van der Waals surface area contributed by atoms with Crippen molar-refractivity contribution in [2.45, 2.75) is 39.4 Å². The number of carboxylic acids is 1. The van der Waals surface area contributed by atoms with Crippen LogP contribution in [0.1, 0.15) is 38.1 Å². The molecule has 0 amide bonds. The molecule has 0 aliphatic heterocycles. The van der Waals surface area contributed by atoms with Gasteiger partial charge in [-0.05, 0) is 86.3 Å². The van der Waals surface area contributed by atoms with Gasteiger partial charge in [0.2, 0.25) is 0 Å². The fraction of sp³-hybridized carbons (Fsp3) is 0.241. The molecule has 0 aliphatic rings. The van der Waals surface area contributed by atoms with Gasteiger partial charge in [0.05, 0.1) is 18.2 Å². The topological polar surface area (TPSA) is 68.7 Å². The summed E-state index contributed by atoms with van der Waals surface area (Å²) < 4.78 is 11.5. The van der Waals surface area contributed by atoms with E-state index >= 15 is 0 Å². The van der Waals surface area contributed by atoms with Crippen molar-refractivity contribution in [2.75, 3.05) is 7.11 Å². The zero-order valence-electron chi connectivity index (χ0n) is 20.4. The van der Waals surface area contributed by atoms with Crippen LogP contribution in [0.5, 0.6) is 5.75 Å². The summed E-state index contributed by atoms with van der Waals surface area (Å²) in [5.74, 6) is -0.309. The van der Waals surface area contributed by atoms with Crippen LogP contribution in [-0.4, -0.2) is 28.8 Å². The van der Waals surface area contributed by atoms with Gasteiger partial charge in [-0.1, -0.05) is 41.9 Å². The summed E-state index contributed by atoms with van der Waals surface area (Å²) in [5.41, 5.74) is 4.78. The number of rotatable bonds is 6. The molecule has 0 bridgehead atoms.